The Balaban J connectivity index is 2.41. The van der Waals surface area contributed by atoms with Gasteiger partial charge in [-0.15, -0.1) is 0 Å². The number of fused-ring (bicyclic) bond motifs is 1. The average molecular weight is 249 g/mol. The molecular weight excluding hydrogens is 232 g/mol. The van der Waals surface area contributed by atoms with Gasteiger partial charge in [-0.3, -0.25) is 0 Å². The monoisotopic (exact) mass is 249 g/mol. The van der Waals surface area contributed by atoms with Gasteiger partial charge in [-0.2, -0.15) is 0 Å². The molecule has 3 heteroatoms. The molecule has 0 amide bonds. The lowest BCUT2D eigenvalue weighted by atomic mass is 9.92. The molecule has 0 saturated carbocycles. The third kappa shape index (κ3) is 2.85. The van der Waals surface area contributed by atoms with Crippen LogP contribution < -0.4 is 5.73 Å². The summed E-state index contributed by atoms with van der Waals surface area (Å²) in [6.07, 6.45) is -0.363. The van der Waals surface area contributed by atoms with E-state index in [1.54, 1.807) is 26.0 Å². The van der Waals surface area contributed by atoms with Gasteiger partial charge in [-0.25, -0.2) is 8.78 Å². The first-order valence-corrected chi connectivity index (χ1v) is 5.94. The molecule has 0 fully saturated rings. The summed E-state index contributed by atoms with van der Waals surface area (Å²) in [4.78, 5) is 0. The van der Waals surface area contributed by atoms with E-state index in [0.29, 0.717) is 0 Å². The number of halogens is 2. The predicted octanol–water partition coefficient (Wildman–Crippen LogP) is 4.06. The van der Waals surface area contributed by atoms with Crippen LogP contribution >= 0.6 is 0 Å². The fraction of sp³-hybridized carbons (Fsp3) is 0.333. The van der Waals surface area contributed by atoms with E-state index < -0.39 is 11.5 Å². The zero-order valence-corrected chi connectivity index (χ0v) is 10.6. The lowest BCUT2D eigenvalue weighted by molar-refractivity contribution is -0.0294. The molecule has 0 aliphatic carbocycles. The predicted molar refractivity (Wildman–Crippen MR) is 70.7 cm³/mol. The van der Waals surface area contributed by atoms with Gasteiger partial charge in [0, 0.05) is 17.5 Å². The van der Waals surface area contributed by atoms with Crippen LogP contribution in [0.15, 0.2) is 42.5 Å². The largest absolute Gasteiger partial charge is 0.325 e. The van der Waals surface area contributed by atoms with Gasteiger partial charge in [0.1, 0.15) is 0 Å². The van der Waals surface area contributed by atoms with E-state index in [4.69, 9.17) is 5.73 Å². The Morgan fingerprint density at radius 3 is 2.22 bits per heavy atom. The van der Waals surface area contributed by atoms with Gasteiger partial charge in [0.05, 0.1) is 0 Å². The molecule has 0 aliphatic heterocycles. The summed E-state index contributed by atoms with van der Waals surface area (Å²) >= 11 is 0. The molecule has 0 aromatic heterocycles. The molecule has 2 aromatic rings. The van der Waals surface area contributed by atoms with Crippen molar-refractivity contribution in [2.45, 2.75) is 31.7 Å². The Morgan fingerprint density at radius 2 is 1.61 bits per heavy atom. The summed E-state index contributed by atoms with van der Waals surface area (Å²) in [5.41, 5.74) is 4.83. The van der Waals surface area contributed by atoms with Crippen LogP contribution in [-0.4, -0.2) is 5.54 Å². The molecule has 0 unspecified atom stereocenters. The van der Waals surface area contributed by atoms with Crippen LogP contribution in [0.4, 0.5) is 8.78 Å². The van der Waals surface area contributed by atoms with Crippen LogP contribution in [0.2, 0.25) is 0 Å². The van der Waals surface area contributed by atoms with E-state index in [2.05, 4.69) is 0 Å². The maximum Gasteiger partial charge on any atom is 0.275 e. The number of rotatable bonds is 3. The summed E-state index contributed by atoms with van der Waals surface area (Å²) in [5.74, 6) is -2.90. The first-order valence-electron chi connectivity index (χ1n) is 5.94. The second-order valence-corrected chi connectivity index (χ2v) is 5.43. The van der Waals surface area contributed by atoms with Crippen molar-refractivity contribution >= 4 is 10.8 Å². The van der Waals surface area contributed by atoms with Crippen molar-refractivity contribution in [1.29, 1.82) is 0 Å². The average Bonchev–Trinajstić information content (AvgIpc) is 2.25. The highest BCUT2D eigenvalue weighted by atomic mass is 19.3. The Bertz CT molecular complexity index is 556. The lowest BCUT2D eigenvalue weighted by Crippen LogP contribution is -2.38. The molecule has 2 aromatic carbocycles. The van der Waals surface area contributed by atoms with Crippen LogP contribution in [0.1, 0.15) is 25.8 Å². The Labute approximate surface area is 106 Å². The summed E-state index contributed by atoms with van der Waals surface area (Å²) < 4.78 is 28.2. The van der Waals surface area contributed by atoms with Gasteiger partial charge in [-0.05, 0) is 30.7 Å². The van der Waals surface area contributed by atoms with Crippen LogP contribution in [-0.2, 0) is 5.92 Å². The first kappa shape index (κ1) is 13.0. The van der Waals surface area contributed by atoms with E-state index in [0.717, 1.165) is 10.8 Å². The number of benzene rings is 2. The molecule has 1 nitrogen and oxygen atoms in total. The fourth-order valence-electron chi connectivity index (χ4n) is 2.09. The molecule has 2 N–H and O–H groups in total. The van der Waals surface area contributed by atoms with Gasteiger partial charge in [-0.1, -0.05) is 36.4 Å². The molecule has 2 rings (SSSR count). The van der Waals surface area contributed by atoms with Crippen molar-refractivity contribution < 1.29 is 8.78 Å². The third-order valence-corrected chi connectivity index (χ3v) is 2.85. The van der Waals surface area contributed by atoms with Crippen LogP contribution in [0, 0.1) is 0 Å². The van der Waals surface area contributed by atoms with E-state index >= 15 is 0 Å². The van der Waals surface area contributed by atoms with Crippen molar-refractivity contribution in [3.63, 3.8) is 0 Å². The molecule has 0 spiro atoms. The third-order valence-electron chi connectivity index (χ3n) is 2.85. The maximum absolute atomic E-state index is 14.1. The molecule has 0 bridgehead atoms. The Morgan fingerprint density at radius 1 is 1.00 bits per heavy atom. The highest BCUT2D eigenvalue weighted by Crippen LogP contribution is 2.36. The van der Waals surface area contributed by atoms with Gasteiger partial charge in [0.15, 0.2) is 0 Å². The smallest absolute Gasteiger partial charge is 0.275 e. The molecule has 96 valence electrons. The molecule has 0 saturated heterocycles. The first-order chi connectivity index (χ1) is 8.28. The standard InChI is InChI=1S/C15H17F2N/c1-14(2,18)10-15(16,17)13-8-7-11-5-3-4-6-12(11)9-13/h3-9H,10,18H2,1-2H3. The second-order valence-electron chi connectivity index (χ2n) is 5.43. The second kappa shape index (κ2) is 4.32. The SMILES string of the molecule is CC(C)(N)CC(F)(F)c1ccc2ccccc2c1. The maximum atomic E-state index is 14.1. The minimum atomic E-state index is -2.90. The van der Waals surface area contributed by atoms with Crippen molar-refractivity contribution in [2.24, 2.45) is 5.73 Å². The Kier molecular flexibility index (Phi) is 3.11. The fourth-order valence-corrected chi connectivity index (χ4v) is 2.09. The lowest BCUT2D eigenvalue weighted by Gasteiger charge is -2.26. The van der Waals surface area contributed by atoms with E-state index in [1.165, 1.54) is 6.07 Å². The normalized spacial score (nSPS) is 12.9. The molecule has 0 atom stereocenters. The number of nitrogens with two attached hydrogens (primary N) is 1. The number of alkyl halides is 2. The molecule has 0 heterocycles. The molecular formula is C15H17F2N. The summed E-state index contributed by atoms with van der Waals surface area (Å²) in [6.45, 7) is 3.23. The number of hydrogen-bond donors (Lipinski definition) is 1. The van der Waals surface area contributed by atoms with Crippen molar-refractivity contribution in [3.8, 4) is 0 Å². The summed E-state index contributed by atoms with van der Waals surface area (Å²) in [7, 11) is 0. The van der Waals surface area contributed by atoms with Crippen molar-refractivity contribution in [3.05, 3.63) is 48.0 Å². The van der Waals surface area contributed by atoms with E-state index in [1.807, 2.05) is 24.3 Å². The molecule has 0 aliphatic rings. The topological polar surface area (TPSA) is 26.0 Å². The Hall–Kier alpha value is -1.48. The molecule has 0 radical (unpaired) electrons. The van der Waals surface area contributed by atoms with Gasteiger partial charge < -0.3 is 5.73 Å². The molecule has 18 heavy (non-hydrogen) atoms. The van der Waals surface area contributed by atoms with Gasteiger partial charge in [0.25, 0.3) is 5.92 Å². The van der Waals surface area contributed by atoms with Crippen LogP contribution in [0.5, 0.6) is 0 Å². The minimum absolute atomic E-state index is 0.0275. The zero-order chi connectivity index (χ0) is 13.4. The zero-order valence-electron chi connectivity index (χ0n) is 10.6. The minimum Gasteiger partial charge on any atom is -0.325 e. The van der Waals surface area contributed by atoms with Crippen LogP contribution in [0.3, 0.4) is 0 Å². The van der Waals surface area contributed by atoms with Crippen LogP contribution in [0.25, 0.3) is 10.8 Å². The quantitative estimate of drug-likeness (QED) is 0.872. The van der Waals surface area contributed by atoms with Crippen molar-refractivity contribution in [2.75, 3.05) is 0 Å². The summed E-state index contributed by atoms with van der Waals surface area (Å²) in [5, 5.41) is 1.79. The van der Waals surface area contributed by atoms with E-state index in [9.17, 15) is 8.78 Å². The number of hydrogen-bond acceptors (Lipinski definition) is 1. The highest BCUT2D eigenvalue weighted by molar-refractivity contribution is 5.83. The summed E-state index contributed by atoms with van der Waals surface area (Å²) in [6, 6.07) is 12.2. The van der Waals surface area contributed by atoms with Crippen molar-refractivity contribution in [1.82, 2.24) is 0 Å². The van der Waals surface area contributed by atoms with Gasteiger partial charge in [0.2, 0.25) is 0 Å². The van der Waals surface area contributed by atoms with E-state index in [-0.39, 0.29) is 12.0 Å². The highest BCUT2D eigenvalue weighted by Gasteiger charge is 2.36. The van der Waals surface area contributed by atoms with Gasteiger partial charge >= 0.3 is 0 Å².